The van der Waals surface area contributed by atoms with Crippen LogP contribution in [0.4, 0.5) is 4.79 Å². The van der Waals surface area contributed by atoms with Crippen LogP contribution < -0.4 is 10.0 Å². The van der Waals surface area contributed by atoms with Gasteiger partial charge in [-0.05, 0) is 47.8 Å². The third-order valence-electron chi connectivity index (χ3n) is 5.56. The van der Waals surface area contributed by atoms with Crippen molar-refractivity contribution in [3.8, 4) is 0 Å². The van der Waals surface area contributed by atoms with Gasteiger partial charge in [0.15, 0.2) is 0 Å². The molecule has 1 aromatic carbocycles. The predicted octanol–water partition coefficient (Wildman–Crippen LogP) is 4.16. The number of hydrogen-bond acceptors (Lipinski definition) is 4. The van der Waals surface area contributed by atoms with Crippen LogP contribution >= 0.6 is 11.3 Å². The fourth-order valence-corrected chi connectivity index (χ4v) is 6.03. The molecule has 1 aliphatic heterocycles. The van der Waals surface area contributed by atoms with Crippen molar-refractivity contribution in [2.45, 2.75) is 56.3 Å². The summed E-state index contributed by atoms with van der Waals surface area (Å²) in [6, 6.07) is 11.5. The van der Waals surface area contributed by atoms with Gasteiger partial charge in [-0.1, -0.05) is 51.1 Å². The summed E-state index contributed by atoms with van der Waals surface area (Å²) in [5, 5.41) is 4.93. The second-order valence-electron chi connectivity index (χ2n) is 8.08. The smallest absolute Gasteiger partial charge is 0.317 e. The highest BCUT2D eigenvalue weighted by molar-refractivity contribution is 7.91. The summed E-state index contributed by atoms with van der Waals surface area (Å²) >= 11 is 1.21. The van der Waals surface area contributed by atoms with E-state index in [4.69, 9.17) is 0 Å². The molecule has 2 N–H and O–H groups in total. The number of thiophene rings is 1. The van der Waals surface area contributed by atoms with Gasteiger partial charge >= 0.3 is 6.03 Å². The number of carbonyl (C=O) groups excluding carboxylic acids is 1. The topological polar surface area (TPSA) is 78.5 Å². The zero-order valence-electron chi connectivity index (χ0n) is 17.8. The standard InChI is InChI=1S/C22H31N3O3S2/c1-4-17-7-9-18(10-8-17)21(16(2)3)23-22(26)25-13-11-19(12-14-25)24-30(27,28)20-6-5-15-29-20/h5-10,15-16,19,21,24H,4,11-14H2,1-3H3,(H,23,26). The van der Waals surface area contributed by atoms with Gasteiger partial charge in [-0.25, -0.2) is 17.9 Å². The Morgan fingerprint density at radius 1 is 1.17 bits per heavy atom. The van der Waals surface area contributed by atoms with Gasteiger partial charge in [0.25, 0.3) is 0 Å². The molecule has 2 heterocycles. The number of amides is 2. The Morgan fingerprint density at radius 3 is 2.37 bits per heavy atom. The third-order valence-corrected chi connectivity index (χ3v) is 8.47. The highest BCUT2D eigenvalue weighted by atomic mass is 32.2. The Hall–Kier alpha value is -1.90. The number of likely N-dealkylation sites (tertiary alicyclic amines) is 1. The molecule has 164 valence electrons. The van der Waals surface area contributed by atoms with Crippen molar-refractivity contribution in [2.24, 2.45) is 5.92 Å². The van der Waals surface area contributed by atoms with Crippen LogP contribution in [0.1, 0.15) is 50.8 Å². The van der Waals surface area contributed by atoms with E-state index in [0.717, 1.165) is 12.0 Å². The van der Waals surface area contributed by atoms with Gasteiger partial charge in [-0.3, -0.25) is 0 Å². The lowest BCUT2D eigenvalue weighted by Crippen LogP contribution is -2.50. The maximum Gasteiger partial charge on any atom is 0.317 e. The first-order chi connectivity index (χ1) is 14.3. The summed E-state index contributed by atoms with van der Waals surface area (Å²) in [4.78, 5) is 14.6. The van der Waals surface area contributed by atoms with Crippen LogP contribution in [0, 0.1) is 5.92 Å². The number of benzene rings is 1. The zero-order valence-corrected chi connectivity index (χ0v) is 19.4. The lowest BCUT2D eigenvalue weighted by Gasteiger charge is -2.34. The minimum Gasteiger partial charge on any atom is -0.331 e. The van der Waals surface area contributed by atoms with Crippen molar-refractivity contribution in [1.82, 2.24) is 14.9 Å². The Kier molecular flexibility index (Phi) is 7.55. The lowest BCUT2D eigenvalue weighted by atomic mass is 9.95. The molecule has 30 heavy (non-hydrogen) atoms. The Labute approximate surface area is 183 Å². The van der Waals surface area contributed by atoms with Crippen LogP contribution in [0.15, 0.2) is 46.0 Å². The molecule has 6 nitrogen and oxygen atoms in total. The Balaban J connectivity index is 1.56. The van der Waals surface area contributed by atoms with E-state index in [1.165, 1.54) is 16.9 Å². The van der Waals surface area contributed by atoms with E-state index in [9.17, 15) is 13.2 Å². The van der Waals surface area contributed by atoms with Crippen LogP contribution in [0.5, 0.6) is 0 Å². The second-order valence-corrected chi connectivity index (χ2v) is 11.0. The zero-order chi connectivity index (χ0) is 21.7. The molecular formula is C22H31N3O3S2. The number of aryl methyl sites for hydroxylation is 1. The molecule has 1 unspecified atom stereocenters. The molecule has 1 aliphatic rings. The van der Waals surface area contributed by atoms with Crippen molar-refractivity contribution in [1.29, 1.82) is 0 Å². The molecule has 2 amide bonds. The molecule has 1 aromatic heterocycles. The summed E-state index contributed by atoms with van der Waals surface area (Å²) < 4.78 is 27.9. The van der Waals surface area contributed by atoms with Crippen molar-refractivity contribution in [3.05, 3.63) is 52.9 Å². The van der Waals surface area contributed by atoms with Crippen molar-refractivity contribution >= 4 is 27.4 Å². The minimum absolute atomic E-state index is 0.0570. The van der Waals surface area contributed by atoms with E-state index in [2.05, 4.69) is 55.1 Å². The molecule has 0 aliphatic carbocycles. The number of hydrogen-bond donors (Lipinski definition) is 2. The molecule has 0 radical (unpaired) electrons. The number of urea groups is 1. The quantitative estimate of drug-likeness (QED) is 0.666. The number of rotatable bonds is 7. The molecule has 8 heteroatoms. The molecule has 0 bridgehead atoms. The first kappa shape index (κ1) is 22.8. The van der Waals surface area contributed by atoms with Crippen LogP contribution in [0.25, 0.3) is 0 Å². The summed E-state index contributed by atoms with van der Waals surface area (Å²) in [5.41, 5.74) is 2.38. The van der Waals surface area contributed by atoms with Gasteiger partial charge in [0.1, 0.15) is 4.21 Å². The van der Waals surface area contributed by atoms with E-state index in [1.807, 2.05) is 0 Å². The average molecular weight is 450 g/mol. The Morgan fingerprint density at radius 2 is 1.83 bits per heavy atom. The van der Waals surface area contributed by atoms with Crippen LogP contribution in [0.3, 0.4) is 0 Å². The molecule has 1 fully saturated rings. The predicted molar refractivity (Wildman–Crippen MR) is 121 cm³/mol. The van der Waals surface area contributed by atoms with E-state index >= 15 is 0 Å². The van der Waals surface area contributed by atoms with E-state index in [1.54, 1.807) is 22.4 Å². The lowest BCUT2D eigenvalue weighted by molar-refractivity contribution is 0.173. The maximum atomic E-state index is 12.9. The minimum atomic E-state index is -3.48. The molecule has 1 atom stereocenters. The van der Waals surface area contributed by atoms with E-state index in [0.29, 0.717) is 30.1 Å². The van der Waals surface area contributed by atoms with Gasteiger partial charge in [-0.15, -0.1) is 11.3 Å². The van der Waals surface area contributed by atoms with Gasteiger partial charge < -0.3 is 10.2 Å². The molecule has 0 spiro atoms. The number of carbonyl (C=O) groups is 1. The van der Waals surface area contributed by atoms with Crippen molar-refractivity contribution in [3.63, 3.8) is 0 Å². The van der Waals surface area contributed by atoms with E-state index in [-0.39, 0.29) is 24.0 Å². The number of nitrogens with zero attached hydrogens (tertiary/aromatic N) is 1. The second kappa shape index (κ2) is 9.94. The first-order valence-electron chi connectivity index (χ1n) is 10.5. The fourth-order valence-electron chi connectivity index (χ4n) is 3.71. The van der Waals surface area contributed by atoms with Crippen LogP contribution in [0.2, 0.25) is 0 Å². The van der Waals surface area contributed by atoms with Gasteiger partial charge in [0.05, 0.1) is 6.04 Å². The van der Waals surface area contributed by atoms with Crippen LogP contribution in [-0.2, 0) is 16.4 Å². The molecular weight excluding hydrogens is 418 g/mol. The summed E-state index contributed by atoms with van der Waals surface area (Å²) in [5.74, 6) is 0.261. The van der Waals surface area contributed by atoms with Crippen LogP contribution in [-0.4, -0.2) is 38.5 Å². The number of piperidine rings is 1. The summed E-state index contributed by atoms with van der Waals surface area (Å²) in [6.45, 7) is 7.39. The highest BCUT2D eigenvalue weighted by Crippen LogP contribution is 2.24. The average Bonchev–Trinajstić information content (AvgIpc) is 3.28. The number of nitrogens with one attached hydrogen (secondary N) is 2. The maximum absolute atomic E-state index is 12.9. The fraction of sp³-hybridized carbons (Fsp3) is 0.500. The highest BCUT2D eigenvalue weighted by Gasteiger charge is 2.28. The van der Waals surface area contributed by atoms with Gasteiger partial charge in [-0.2, -0.15) is 0 Å². The third kappa shape index (κ3) is 5.62. The molecule has 2 aromatic rings. The largest absolute Gasteiger partial charge is 0.331 e. The molecule has 1 saturated heterocycles. The first-order valence-corrected chi connectivity index (χ1v) is 12.9. The Bertz CT molecular complexity index is 917. The molecule has 3 rings (SSSR count). The van der Waals surface area contributed by atoms with Gasteiger partial charge in [0, 0.05) is 19.1 Å². The normalized spacial score (nSPS) is 16.6. The monoisotopic (exact) mass is 449 g/mol. The van der Waals surface area contributed by atoms with Crippen molar-refractivity contribution in [2.75, 3.05) is 13.1 Å². The van der Waals surface area contributed by atoms with E-state index < -0.39 is 10.0 Å². The van der Waals surface area contributed by atoms with Crippen molar-refractivity contribution < 1.29 is 13.2 Å². The summed E-state index contributed by atoms with van der Waals surface area (Å²) in [7, 11) is -3.48. The summed E-state index contributed by atoms with van der Waals surface area (Å²) in [6.07, 6.45) is 2.20. The SMILES string of the molecule is CCc1ccc(C(NC(=O)N2CCC(NS(=O)(=O)c3cccs3)CC2)C(C)C)cc1. The van der Waals surface area contributed by atoms with Gasteiger partial charge in [0.2, 0.25) is 10.0 Å². The molecule has 0 saturated carbocycles. The number of sulfonamides is 1.